The Kier molecular flexibility index (Phi) is 3.69. The first-order chi connectivity index (χ1) is 8.09. The zero-order valence-electron chi connectivity index (χ0n) is 9.52. The number of carboxylic acid groups (broad SMARTS) is 1. The molecule has 4 nitrogen and oxygen atoms in total. The Balaban J connectivity index is 2.41. The molecule has 1 unspecified atom stereocenters. The second-order valence-corrected chi connectivity index (χ2v) is 5.00. The quantitative estimate of drug-likeness (QED) is 0.911. The molecular weight excluding hydrogens is 286 g/mol. The molecule has 1 aliphatic rings. The van der Waals surface area contributed by atoms with Crippen LogP contribution in [0, 0.1) is 0 Å². The predicted molar refractivity (Wildman–Crippen MR) is 68.7 cm³/mol. The summed E-state index contributed by atoms with van der Waals surface area (Å²) in [6, 6.07) is 5.42. The topological polar surface area (TPSA) is 49.8 Å². The lowest BCUT2D eigenvalue weighted by Gasteiger charge is -2.36. The van der Waals surface area contributed by atoms with Crippen LogP contribution in [-0.2, 0) is 4.74 Å². The molecule has 1 N–H and O–H groups in total. The van der Waals surface area contributed by atoms with Gasteiger partial charge >= 0.3 is 5.97 Å². The zero-order chi connectivity index (χ0) is 12.4. The van der Waals surface area contributed by atoms with Gasteiger partial charge in [0.25, 0.3) is 0 Å². The molecule has 1 atom stereocenters. The largest absolute Gasteiger partial charge is 0.478 e. The van der Waals surface area contributed by atoms with Crippen LogP contribution in [-0.4, -0.2) is 36.9 Å². The van der Waals surface area contributed by atoms with Gasteiger partial charge in [0.2, 0.25) is 0 Å². The van der Waals surface area contributed by atoms with Gasteiger partial charge < -0.3 is 14.7 Å². The van der Waals surface area contributed by atoms with Crippen molar-refractivity contribution in [2.45, 2.75) is 13.0 Å². The summed E-state index contributed by atoms with van der Waals surface area (Å²) < 4.78 is 6.25. The van der Waals surface area contributed by atoms with E-state index in [0.29, 0.717) is 18.8 Å². The number of benzene rings is 1. The minimum Gasteiger partial charge on any atom is -0.478 e. The highest BCUT2D eigenvalue weighted by Crippen LogP contribution is 2.28. The van der Waals surface area contributed by atoms with E-state index in [-0.39, 0.29) is 6.04 Å². The Hall–Kier alpha value is -1.07. The van der Waals surface area contributed by atoms with Crippen molar-refractivity contribution in [3.8, 4) is 0 Å². The summed E-state index contributed by atoms with van der Waals surface area (Å²) in [6.07, 6.45) is 0. The Morgan fingerprint density at radius 3 is 3.00 bits per heavy atom. The van der Waals surface area contributed by atoms with Crippen LogP contribution in [0.25, 0.3) is 0 Å². The van der Waals surface area contributed by atoms with Gasteiger partial charge in [-0.25, -0.2) is 4.79 Å². The average molecular weight is 300 g/mol. The molecule has 17 heavy (non-hydrogen) atoms. The van der Waals surface area contributed by atoms with Crippen LogP contribution in [0.15, 0.2) is 22.7 Å². The van der Waals surface area contributed by atoms with Crippen LogP contribution in [0.4, 0.5) is 5.69 Å². The highest BCUT2D eigenvalue weighted by atomic mass is 79.9. The molecule has 2 rings (SSSR count). The van der Waals surface area contributed by atoms with Crippen LogP contribution < -0.4 is 4.90 Å². The predicted octanol–water partition coefficient (Wildman–Crippen LogP) is 2.37. The zero-order valence-corrected chi connectivity index (χ0v) is 11.1. The van der Waals surface area contributed by atoms with Crippen molar-refractivity contribution in [1.82, 2.24) is 0 Å². The molecule has 1 aromatic carbocycles. The van der Waals surface area contributed by atoms with E-state index in [1.807, 2.05) is 13.0 Å². The van der Waals surface area contributed by atoms with Gasteiger partial charge in [0.05, 0.1) is 24.5 Å². The molecule has 5 heteroatoms. The SMILES string of the molecule is CC1COCCN1c1cc(Br)ccc1C(=O)O. The highest BCUT2D eigenvalue weighted by molar-refractivity contribution is 9.10. The smallest absolute Gasteiger partial charge is 0.337 e. The third-order valence-electron chi connectivity index (χ3n) is 2.87. The maximum Gasteiger partial charge on any atom is 0.337 e. The summed E-state index contributed by atoms with van der Waals surface area (Å²) >= 11 is 3.38. The number of rotatable bonds is 2. The van der Waals surface area contributed by atoms with Gasteiger partial charge in [-0.1, -0.05) is 15.9 Å². The number of nitrogens with zero attached hydrogens (tertiary/aromatic N) is 1. The Morgan fingerprint density at radius 2 is 2.35 bits per heavy atom. The number of hydrogen-bond donors (Lipinski definition) is 1. The minimum absolute atomic E-state index is 0.191. The van der Waals surface area contributed by atoms with Crippen LogP contribution >= 0.6 is 15.9 Å². The monoisotopic (exact) mass is 299 g/mol. The van der Waals surface area contributed by atoms with Gasteiger partial charge in [0, 0.05) is 17.1 Å². The number of ether oxygens (including phenoxy) is 1. The summed E-state index contributed by atoms with van der Waals surface area (Å²) in [5.41, 5.74) is 1.09. The van der Waals surface area contributed by atoms with Gasteiger partial charge in [-0.3, -0.25) is 0 Å². The van der Waals surface area contributed by atoms with E-state index in [1.165, 1.54) is 0 Å². The molecule has 1 aromatic rings. The van der Waals surface area contributed by atoms with E-state index in [0.717, 1.165) is 16.7 Å². The molecule has 0 saturated carbocycles. The number of anilines is 1. The molecule has 0 spiro atoms. The van der Waals surface area contributed by atoms with Gasteiger partial charge in [0.15, 0.2) is 0 Å². The first-order valence-corrected chi connectivity index (χ1v) is 6.26. The van der Waals surface area contributed by atoms with Crippen molar-refractivity contribution in [2.75, 3.05) is 24.7 Å². The number of hydrogen-bond acceptors (Lipinski definition) is 3. The fourth-order valence-corrected chi connectivity index (χ4v) is 2.36. The van der Waals surface area contributed by atoms with Crippen molar-refractivity contribution in [1.29, 1.82) is 0 Å². The fraction of sp³-hybridized carbons (Fsp3) is 0.417. The van der Waals surface area contributed by atoms with Gasteiger partial charge in [-0.05, 0) is 25.1 Å². The first-order valence-electron chi connectivity index (χ1n) is 5.47. The van der Waals surface area contributed by atoms with Crippen LogP contribution in [0.3, 0.4) is 0 Å². The molecule has 0 bridgehead atoms. The lowest BCUT2D eigenvalue weighted by Crippen LogP contribution is -2.44. The lowest BCUT2D eigenvalue weighted by molar-refractivity contribution is 0.0695. The van der Waals surface area contributed by atoms with Crippen molar-refractivity contribution in [3.05, 3.63) is 28.2 Å². The fourth-order valence-electron chi connectivity index (χ4n) is 2.01. The van der Waals surface area contributed by atoms with Crippen molar-refractivity contribution in [2.24, 2.45) is 0 Å². The average Bonchev–Trinajstić information content (AvgIpc) is 2.29. The van der Waals surface area contributed by atoms with E-state index in [1.54, 1.807) is 12.1 Å². The Bertz CT molecular complexity index is 436. The van der Waals surface area contributed by atoms with Gasteiger partial charge in [0.1, 0.15) is 0 Å². The summed E-state index contributed by atoms with van der Waals surface area (Å²) in [4.78, 5) is 13.3. The normalized spacial score (nSPS) is 20.4. The second kappa shape index (κ2) is 5.06. The number of halogens is 1. The van der Waals surface area contributed by atoms with Crippen molar-refractivity contribution in [3.63, 3.8) is 0 Å². The maximum atomic E-state index is 11.2. The molecule has 1 heterocycles. The summed E-state index contributed by atoms with van der Waals surface area (Å²) in [5, 5.41) is 9.20. The van der Waals surface area contributed by atoms with Crippen LogP contribution in [0.2, 0.25) is 0 Å². The Morgan fingerprint density at radius 1 is 1.59 bits per heavy atom. The maximum absolute atomic E-state index is 11.2. The Labute approximate surface area is 108 Å². The molecule has 92 valence electrons. The van der Waals surface area contributed by atoms with Crippen molar-refractivity contribution >= 4 is 27.6 Å². The molecule has 1 saturated heterocycles. The third kappa shape index (κ3) is 2.61. The first kappa shape index (κ1) is 12.4. The number of carbonyl (C=O) groups is 1. The van der Waals surface area contributed by atoms with E-state index in [2.05, 4.69) is 20.8 Å². The molecule has 0 aliphatic carbocycles. The van der Waals surface area contributed by atoms with E-state index in [4.69, 9.17) is 4.74 Å². The molecule has 1 aliphatic heterocycles. The standard InChI is InChI=1S/C12H14BrNO3/c1-8-7-17-5-4-14(8)11-6-9(13)2-3-10(11)12(15)16/h2-3,6,8H,4-5,7H2,1H3,(H,15,16). The summed E-state index contributed by atoms with van der Waals surface area (Å²) in [5.74, 6) is -0.897. The molecule has 0 aromatic heterocycles. The number of morpholine rings is 1. The third-order valence-corrected chi connectivity index (χ3v) is 3.36. The lowest BCUT2D eigenvalue weighted by atomic mass is 10.1. The molecule has 1 fully saturated rings. The van der Waals surface area contributed by atoms with E-state index >= 15 is 0 Å². The number of aromatic carboxylic acids is 1. The van der Waals surface area contributed by atoms with Crippen LogP contribution in [0.1, 0.15) is 17.3 Å². The van der Waals surface area contributed by atoms with Gasteiger partial charge in [-0.2, -0.15) is 0 Å². The number of carboxylic acids is 1. The molecular formula is C12H14BrNO3. The highest BCUT2D eigenvalue weighted by Gasteiger charge is 2.23. The van der Waals surface area contributed by atoms with Crippen LogP contribution in [0.5, 0.6) is 0 Å². The summed E-state index contributed by atoms with van der Waals surface area (Å²) in [6.45, 7) is 4.02. The van der Waals surface area contributed by atoms with Crippen molar-refractivity contribution < 1.29 is 14.6 Å². The van der Waals surface area contributed by atoms with E-state index < -0.39 is 5.97 Å². The molecule has 0 amide bonds. The van der Waals surface area contributed by atoms with E-state index in [9.17, 15) is 9.90 Å². The van der Waals surface area contributed by atoms with Gasteiger partial charge in [-0.15, -0.1) is 0 Å². The minimum atomic E-state index is -0.897. The second-order valence-electron chi connectivity index (χ2n) is 4.08. The molecule has 0 radical (unpaired) electrons. The summed E-state index contributed by atoms with van der Waals surface area (Å²) in [7, 11) is 0.